The zero-order valence-electron chi connectivity index (χ0n) is 13.2. The molecule has 0 radical (unpaired) electrons. The summed E-state index contributed by atoms with van der Waals surface area (Å²) in [6.45, 7) is 1.87. The average Bonchev–Trinajstić information content (AvgIpc) is 3.01. The third-order valence-corrected chi connectivity index (χ3v) is 3.45. The SMILES string of the molecule is Cc1cnn(-c2ccc(C(N)=O)cc2NC(=O)c2cncc(F)c2)c1. The first-order chi connectivity index (χ1) is 11.9. The number of anilines is 1. The van der Waals surface area contributed by atoms with Crippen LogP contribution in [0.3, 0.4) is 0 Å². The predicted octanol–water partition coefficient (Wildman–Crippen LogP) is 2.07. The zero-order valence-corrected chi connectivity index (χ0v) is 13.2. The largest absolute Gasteiger partial charge is 0.366 e. The molecule has 25 heavy (non-hydrogen) atoms. The first kappa shape index (κ1) is 16.3. The summed E-state index contributed by atoms with van der Waals surface area (Å²) in [5, 5.41) is 6.84. The van der Waals surface area contributed by atoms with Crippen LogP contribution in [0.2, 0.25) is 0 Å². The minimum Gasteiger partial charge on any atom is -0.366 e. The van der Waals surface area contributed by atoms with Gasteiger partial charge in [-0.05, 0) is 36.8 Å². The van der Waals surface area contributed by atoms with E-state index in [1.807, 2.05) is 6.92 Å². The van der Waals surface area contributed by atoms with Crippen LogP contribution in [0.25, 0.3) is 5.69 Å². The Morgan fingerprint density at radius 3 is 2.60 bits per heavy atom. The number of pyridine rings is 1. The fourth-order valence-corrected chi connectivity index (χ4v) is 2.26. The van der Waals surface area contributed by atoms with Gasteiger partial charge in [0.15, 0.2) is 0 Å². The van der Waals surface area contributed by atoms with Gasteiger partial charge in [-0.25, -0.2) is 9.07 Å². The average molecular weight is 339 g/mol. The summed E-state index contributed by atoms with van der Waals surface area (Å²) in [5.74, 6) is -1.83. The Bertz CT molecular complexity index is 967. The predicted molar refractivity (Wildman–Crippen MR) is 89.0 cm³/mol. The third-order valence-electron chi connectivity index (χ3n) is 3.45. The molecule has 1 aromatic carbocycles. The van der Waals surface area contributed by atoms with Crippen LogP contribution in [0.5, 0.6) is 0 Å². The molecule has 0 aliphatic heterocycles. The van der Waals surface area contributed by atoms with Gasteiger partial charge in [0.25, 0.3) is 5.91 Å². The van der Waals surface area contributed by atoms with Crippen LogP contribution in [0.15, 0.2) is 49.1 Å². The molecule has 3 rings (SSSR count). The van der Waals surface area contributed by atoms with Crippen LogP contribution in [0.1, 0.15) is 26.3 Å². The monoisotopic (exact) mass is 339 g/mol. The molecule has 126 valence electrons. The van der Waals surface area contributed by atoms with E-state index in [2.05, 4.69) is 15.4 Å². The summed E-state index contributed by atoms with van der Waals surface area (Å²) < 4.78 is 14.8. The van der Waals surface area contributed by atoms with Crippen LogP contribution in [0.4, 0.5) is 10.1 Å². The van der Waals surface area contributed by atoms with Gasteiger partial charge in [-0.1, -0.05) is 0 Å². The van der Waals surface area contributed by atoms with Crippen LogP contribution in [-0.2, 0) is 0 Å². The van der Waals surface area contributed by atoms with Crippen molar-refractivity contribution >= 4 is 17.5 Å². The van der Waals surface area contributed by atoms with Gasteiger partial charge in [-0.3, -0.25) is 14.6 Å². The molecular formula is C17H14FN5O2. The van der Waals surface area contributed by atoms with Gasteiger partial charge < -0.3 is 11.1 Å². The number of halogens is 1. The Labute approximate surface area is 142 Å². The molecule has 3 aromatic rings. The van der Waals surface area contributed by atoms with Crippen molar-refractivity contribution < 1.29 is 14.0 Å². The lowest BCUT2D eigenvalue weighted by atomic mass is 10.1. The summed E-state index contributed by atoms with van der Waals surface area (Å²) in [4.78, 5) is 27.5. The number of aryl methyl sites for hydroxylation is 1. The second kappa shape index (κ2) is 6.52. The highest BCUT2D eigenvalue weighted by Gasteiger charge is 2.14. The molecule has 0 aliphatic carbocycles. The molecule has 2 aromatic heterocycles. The van der Waals surface area contributed by atoms with Crippen LogP contribution in [-0.4, -0.2) is 26.6 Å². The van der Waals surface area contributed by atoms with Crippen molar-refractivity contribution in [1.82, 2.24) is 14.8 Å². The molecule has 2 heterocycles. The quantitative estimate of drug-likeness (QED) is 0.759. The van der Waals surface area contributed by atoms with E-state index >= 15 is 0 Å². The number of aromatic nitrogens is 3. The van der Waals surface area contributed by atoms with E-state index in [1.165, 1.54) is 18.3 Å². The van der Waals surface area contributed by atoms with E-state index in [4.69, 9.17) is 5.73 Å². The molecule has 0 atom stereocenters. The van der Waals surface area contributed by atoms with E-state index in [1.54, 1.807) is 23.1 Å². The van der Waals surface area contributed by atoms with E-state index in [0.29, 0.717) is 11.4 Å². The molecule has 2 amide bonds. The maximum atomic E-state index is 13.3. The Morgan fingerprint density at radius 1 is 1.16 bits per heavy atom. The van der Waals surface area contributed by atoms with Crippen LogP contribution in [0, 0.1) is 12.7 Å². The highest BCUT2D eigenvalue weighted by Crippen LogP contribution is 2.23. The number of amides is 2. The second-order valence-corrected chi connectivity index (χ2v) is 5.40. The number of hydrogen-bond acceptors (Lipinski definition) is 4. The molecule has 0 bridgehead atoms. The molecule has 0 fully saturated rings. The number of hydrogen-bond donors (Lipinski definition) is 2. The minimum atomic E-state index is -0.633. The molecule has 8 heteroatoms. The zero-order chi connectivity index (χ0) is 18.0. The summed E-state index contributed by atoms with van der Waals surface area (Å²) >= 11 is 0. The van der Waals surface area contributed by atoms with Crippen LogP contribution >= 0.6 is 0 Å². The van der Waals surface area contributed by atoms with E-state index in [0.717, 1.165) is 17.8 Å². The lowest BCUT2D eigenvalue weighted by Crippen LogP contribution is -2.17. The summed E-state index contributed by atoms with van der Waals surface area (Å²) in [7, 11) is 0. The number of carbonyl (C=O) groups is 2. The van der Waals surface area contributed by atoms with Crippen molar-refractivity contribution in [3.63, 3.8) is 0 Å². The first-order valence-corrected chi connectivity index (χ1v) is 7.31. The maximum absolute atomic E-state index is 13.3. The molecule has 0 saturated heterocycles. The molecule has 0 saturated carbocycles. The Balaban J connectivity index is 2.01. The van der Waals surface area contributed by atoms with Gasteiger partial charge >= 0.3 is 0 Å². The number of primary amides is 1. The number of nitrogens with two attached hydrogens (primary N) is 1. The summed E-state index contributed by atoms with van der Waals surface area (Å²) in [6.07, 6.45) is 5.67. The fourth-order valence-electron chi connectivity index (χ4n) is 2.26. The lowest BCUT2D eigenvalue weighted by Gasteiger charge is -2.12. The van der Waals surface area contributed by atoms with Crippen molar-refractivity contribution in [3.8, 4) is 5.69 Å². The fraction of sp³-hybridized carbons (Fsp3) is 0.0588. The van der Waals surface area contributed by atoms with Gasteiger partial charge in [0.05, 0.1) is 29.3 Å². The topological polar surface area (TPSA) is 103 Å². The van der Waals surface area contributed by atoms with Crippen molar-refractivity contribution in [1.29, 1.82) is 0 Å². The van der Waals surface area contributed by atoms with Crippen molar-refractivity contribution in [2.75, 3.05) is 5.32 Å². The second-order valence-electron chi connectivity index (χ2n) is 5.40. The molecule has 0 aliphatic rings. The van der Waals surface area contributed by atoms with Gasteiger partial charge in [0.2, 0.25) is 5.91 Å². The molecule has 7 nitrogen and oxygen atoms in total. The normalized spacial score (nSPS) is 10.5. The van der Waals surface area contributed by atoms with Crippen molar-refractivity contribution in [2.45, 2.75) is 6.92 Å². The summed E-state index contributed by atoms with van der Waals surface area (Å²) in [5.41, 5.74) is 7.35. The van der Waals surface area contributed by atoms with Crippen LogP contribution < -0.4 is 11.1 Å². The highest BCUT2D eigenvalue weighted by atomic mass is 19.1. The Kier molecular flexibility index (Phi) is 4.25. The van der Waals surface area contributed by atoms with Crippen molar-refractivity contribution in [3.05, 3.63) is 71.6 Å². The smallest absolute Gasteiger partial charge is 0.257 e. The van der Waals surface area contributed by atoms with E-state index < -0.39 is 17.6 Å². The molecular weight excluding hydrogens is 325 g/mol. The molecule has 0 unspecified atom stereocenters. The standard InChI is InChI=1S/C17H14FN5O2/c1-10-6-21-23(9-10)15-3-2-11(16(19)24)5-14(15)22-17(25)12-4-13(18)8-20-7-12/h2-9H,1H3,(H2,19,24)(H,22,25). The summed E-state index contributed by atoms with van der Waals surface area (Å²) in [6, 6.07) is 5.66. The molecule has 0 spiro atoms. The van der Waals surface area contributed by atoms with E-state index in [-0.39, 0.29) is 11.1 Å². The van der Waals surface area contributed by atoms with Gasteiger partial charge in [0, 0.05) is 18.0 Å². The van der Waals surface area contributed by atoms with Gasteiger partial charge in [-0.15, -0.1) is 0 Å². The third kappa shape index (κ3) is 3.52. The Morgan fingerprint density at radius 2 is 1.96 bits per heavy atom. The Hall–Kier alpha value is -3.55. The number of nitrogens with zero attached hydrogens (tertiary/aromatic N) is 3. The van der Waals surface area contributed by atoms with E-state index in [9.17, 15) is 14.0 Å². The van der Waals surface area contributed by atoms with Gasteiger partial charge in [0.1, 0.15) is 5.82 Å². The minimum absolute atomic E-state index is 0.0482. The van der Waals surface area contributed by atoms with Gasteiger partial charge in [-0.2, -0.15) is 5.10 Å². The lowest BCUT2D eigenvalue weighted by molar-refractivity contribution is 0.0996. The number of benzene rings is 1. The highest BCUT2D eigenvalue weighted by molar-refractivity contribution is 6.06. The number of rotatable bonds is 4. The number of carbonyl (C=O) groups excluding carboxylic acids is 2. The van der Waals surface area contributed by atoms with Crippen molar-refractivity contribution in [2.24, 2.45) is 5.73 Å². The maximum Gasteiger partial charge on any atom is 0.257 e. The first-order valence-electron chi connectivity index (χ1n) is 7.31. The number of nitrogens with one attached hydrogen (secondary N) is 1. The molecule has 3 N–H and O–H groups in total.